The lowest BCUT2D eigenvalue weighted by atomic mass is 10.1. The molecule has 3 aromatic rings. The number of nitrogens with zero attached hydrogens (tertiary/aromatic N) is 2. The van der Waals surface area contributed by atoms with Gasteiger partial charge in [-0.05, 0) is 61.9 Å². The Bertz CT molecular complexity index is 1280. The lowest BCUT2D eigenvalue weighted by Crippen LogP contribution is -2.22. The van der Waals surface area contributed by atoms with Gasteiger partial charge in [-0.3, -0.25) is 4.79 Å². The van der Waals surface area contributed by atoms with E-state index in [1.807, 2.05) is 11.5 Å². The number of ether oxygens (including phenoxy) is 1. The Hall–Kier alpha value is -3.30. The van der Waals surface area contributed by atoms with Gasteiger partial charge in [-0.1, -0.05) is 12.1 Å². The first-order valence-electron chi connectivity index (χ1n) is 10.1. The number of hydrogen-bond donors (Lipinski definition) is 0. The maximum atomic E-state index is 13.1. The highest BCUT2D eigenvalue weighted by molar-refractivity contribution is 7.89. The highest BCUT2D eigenvalue weighted by Crippen LogP contribution is 2.19. The smallest absolute Gasteiger partial charge is 0.338 e. The van der Waals surface area contributed by atoms with Crippen molar-refractivity contribution >= 4 is 21.8 Å². The third-order valence-electron chi connectivity index (χ3n) is 5.33. The van der Waals surface area contributed by atoms with E-state index in [9.17, 15) is 22.4 Å². The molecule has 0 saturated heterocycles. The zero-order valence-corrected chi connectivity index (χ0v) is 19.6. The van der Waals surface area contributed by atoms with Gasteiger partial charge in [0.2, 0.25) is 15.8 Å². The number of carbonyl (C=O) groups is 2. The number of benzene rings is 2. The third-order valence-corrected chi connectivity index (χ3v) is 7.16. The average Bonchev–Trinajstić information content (AvgIpc) is 3.07. The van der Waals surface area contributed by atoms with Gasteiger partial charge in [0.15, 0.2) is 6.61 Å². The summed E-state index contributed by atoms with van der Waals surface area (Å²) in [5.74, 6) is -1.39. The van der Waals surface area contributed by atoms with Gasteiger partial charge < -0.3 is 9.30 Å². The molecule has 0 N–H and O–H groups in total. The van der Waals surface area contributed by atoms with Gasteiger partial charge in [0.05, 0.1) is 10.5 Å². The van der Waals surface area contributed by atoms with Crippen LogP contribution in [0.25, 0.3) is 0 Å². The Labute approximate surface area is 192 Å². The second-order valence-electron chi connectivity index (χ2n) is 7.81. The monoisotopic (exact) mass is 472 g/mol. The van der Waals surface area contributed by atoms with Crippen LogP contribution in [0.3, 0.4) is 0 Å². The first-order valence-corrected chi connectivity index (χ1v) is 11.6. The van der Waals surface area contributed by atoms with Crippen LogP contribution in [-0.4, -0.2) is 49.7 Å². The molecule has 0 aliphatic rings. The molecule has 3 rings (SSSR count). The minimum absolute atomic E-state index is 0.0497. The van der Waals surface area contributed by atoms with Crippen molar-refractivity contribution in [2.45, 2.75) is 25.3 Å². The second-order valence-corrected chi connectivity index (χ2v) is 9.96. The van der Waals surface area contributed by atoms with Crippen LogP contribution in [0.5, 0.6) is 0 Å². The fourth-order valence-electron chi connectivity index (χ4n) is 3.37. The fourth-order valence-corrected chi connectivity index (χ4v) is 4.27. The van der Waals surface area contributed by atoms with Gasteiger partial charge in [-0.15, -0.1) is 0 Å². The van der Waals surface area contributed by atoms with Crippen LogP contribution in [0.2, 0.25) is 0 Å². The minimum Gasteiger partial charge on any atom is -0.454 e. The predicted octanol–water partition coefficient (Wildman–Crippen LogP) is 3.58. The van der Waals surface area contributed by atoms with Crippen molar-refractivity contribution < 1.29 is 27.1 Å². The van der Waals surface area contributed by atoms with Gasteiger partial charge in [0, 0.05) is 37.6 Å². The molecule has 9 heteroatoms. The molecule has 7 nitrogen and oxygen atoms in total. The zero-order valence-electron chi connectivity index (χ0n) is 18.8. The maximum absolute atomic E-state index is 13.1. The zero-order chi connectivity index (χ0) is 24.3. The normalized spacial score (nSPS) is 11.6. The number of rotatable bonds is 8. The lowest BCUT2D eigenvalue weighted by molar-refractivity contribution is 0.0474. The van der Waals surface area contributed by atoms with Crippen LogP contribution in [0.1, 0.15) is 37.7 Å². The Kier molecular flexibility index (Phi) is 7.14. The number of halogens is 1. The van der Waals surface area contributed by atoms with Gasteiger partial charge in [0.1, 0.15) is 5.82 Å². The number of aromatic nitrogens is 1. The molecule has 174 valence electrons. The number of Topliss-reactive ketones (excluding diaryl/α,β-unsaturated/α-hetero) is 1. The van der Waals surface area contributed by atoms with Crippen molar-refractivity contribution in [2.24, 2.45) is 0 Å². The summed E-state index contributed by atoms with van der Waals surface area (Å²) in [5.41, 5.74) is 3.04. The SMILES string of the molecule is Cc1cc(C(=O)COC(=O)c2ccc(S(=O)(=O)N(C)C)cc2)c(C)n1Cc1ccc(F)cc1. The average molecular weight is 473 g/mol. The molecule has 0 aliphatic heterocycles. The molecule has 2 aromatic carbocycles. The van der Waals surface area contributed by atoms with E-state index >= 15 is 0 Å². The van der Waals surface area contributed by atoms with Gasteiger partial charge in [-0.2, -0.15) is 0 Å². The topological polar surface area (TPSA) is 85.7 Å². The molecule has 0 saturated carbocycles. The molecule has 1 aromatic heterocycles. The molecule has 0 bridgehead atoms. The quantitative estimate of drug-likeness (QED) is 0.370. The van der Waals surface area contributed by atoms with E-state index in [1.54, 1.807) is 25.1 Å². The number of carbonyl (C=O) groups excluding carboxylic acids is 2. The molecular weight excluding hydrogens is 447 g/mol. The highest BCUT2D eigenvalue weighted by atomic mass is 32.2. The van der Waals surface area contributed by atoms with Crippen LogP contribution in [0.4, 0.5) is 4.39 Å². The third kappa shape index (κ3) is 5.37. The molecule has 0 fully saturated rings. The molecule has 1 heterocycles. The standard InChI is InChI=1S/C24H25FN2O5S/c1-16-13-22(17(2)27(16)14-18-5-9-20(25)10-6-18)23(28)15-32-24(29)19-7-11-21(12-8-19)33(30,31)26(3)4/h5-13H,14-15H2,1-4H3. The summed E-state index contributed by atoms with van der Waals surface area (Å²) < 4.78 is 45.6. The van der Waals surface area contributed by atoms with Crippen LogP contribution in [-0.2, 0) is 21.3 Å². The molecule has 0 aliphatic carbocycles. The Morgan fingerprint density at radius 2 is 1.61 bits per heavy atom. The Morgan fingerprint density at radius 1 is 1.00 bits per heavy atom. The minimum atomic E-state index is -3.61. The number of hydrogen-bond acceptors (Lipinski definition) is 5. The number of esters is 1. The van der Waals surface area contributed by atoms with Crippen LogP contribution in [0.15, 0.2) is 59.5 Å². The van der Waals surface area contributed by atoms with E-state index < -0.39 is 22.6 Å². The molecule has 0 radical (unpaired) electrons. The summed E-state index contributed by atoms with van der Waals surface area (Å²) in [4.78, 5) is 25.1. The van der Waals surface area contributed by atoms with E-state index in [1.165, 1.54) is 50.5 Å². The van der Waals surface area contributed by atoms with Crippen molar-refractivity contribution in [2.75, 3.05) is 20.7 Å². The number of ketones is 1. The summed E-state index contributed by atoms with van der Waals surface area (Å²) in [6.45, 7) is 3.70. The fraction of sp³-hybridized carbons (Fsp3) is 0.250. The number of sulfonamides is 1. The molecule has 0 spiro atoms. The summed E-state index contributed by atoms with van der Waals surface area (Å²) in [5, 5.41) is 0. The number of aryl methyl sites for hydroxylation is 1. The van der Waals surface area contributed by atoms with Gasteiger partial charge in [-0.25, -0.2) is 21.9 Å². The van der Waals surface area contributed by atoms with Gasteiger partial charge >= 0.3 is 5.97 Å². The maximum Gasteiger partial charge on any atom is 0.338 e. The van der Waals surface area contributed by atoms with Crippen LogP contribution in [0, 0.1) is 19.7 Å². The summed E-state index contributed by atoms with van der Waals surface area (Å²) in [7, 11) is -0.773. The second kappa shape index (κ2) is 9.68. The van der Waals surface area contributed by atoms with Crippen molar-refractivity contribution in [3.8, 4) is 0 Å². The van der Waals surface area contributed by atoms with Crippen molar-refractivity contribution in [1.82, 2.24) is 8.87 Å². The first-order chi connectivity index (χ1) is 15.5. The van der Waals surface area contributed by atoms with E-state index in [-0.39, 0.29) is 22.1 Å². The van der Waals surface area contributed by atoms with Crippen molar-refractivity contribution in [1.29, 1.82) is 0 Å². The summed E-state index contributed by atoms with van der Waals surface area (Å²) in [6, 6.07) is 13.2. The highest BCUT2D eigenvalue weighted by Gasteiger charge is 2.20. The molecule has 0 unspecified atom stereocenters. The van der Waals surface area contributed by atoms with E-state index in [4.69, 9.17) is 4.74 Å². The first kappa shape index (κ1) is 24.3. The van der Waals surface area contributed by atoms with Crippen molar-refractivity contribution in [3.63, 3.8) is 0 Å². The van der Waals surface area contributed by atoms with Gasteiger partial charge in [0.25, 0.3) is 0 Å². The summed E-state index contributed by atoms with van der Waals surface area (Å²) in [6.07, 6.45) is 0. The van der Waals surface area contributed by atoms with E-state index in [0.29, 0.717) is 12.1 Å². The largest absolute Gasteiger partial charge is 0.454 e. The van der Waals surface area contributed by atoms with Crippen LogP contribution < -0.4 is 0 Å². The molecule has 0 amide bonds. The Morgan fingerprint density at radius 3 is 2.18 bits per heavy atom. The van der Waals surface area contributed by atoms with Crippen molar-refractivity contribution in [3.05, 3.63) is 88.5 Å². The lowest BCUT2D eigenvalue weighted by Gasteiger charge is -2.11. The summed E-state index contributed by atoms with van der Waals surface area (Å²) >= 11 is 0. The molecule has 0 atom stereocenters. The predicted molar refractivity (Wildman–Crippen MR) is 121 cm³/mol. The van der Waals surface area contributed by atoms with E-state index in [2.05, 4.69) is 0 Å². The Balaban J connectivity index is 1.67. The van der Waals surface area contributed by atoms with Crippen LogP contribution >= 0.6 is 0 Å². The molecule has 33 heavy (non-hydrogen) atoms. The molecular formula is C24H25FN2O5S. The van der Waals surface area contributed by atoms with E-state index in [0.717, 1.165) is 21.3 Å².